The molecule has 0 fully saturated rings. The number of nitrogens with one attached hydrogen (secondary N) is 1. The molecule has 1 rings (SSSR count). The number of azo groups is 1. The molecule has 0 aliphatic carbocycles. The Morgan fingerprint density at radius 1 is 1.86 bits per heavy atom. The zero-order valence-electron chi connectivity index (χ0n) is 3.46. The van der Waals surface area contributed by atoms with Gasteiger partial charge in [-0.15, -0.1) is 0 Å². The van der Waals surface area contributed by atoms with Gasteiger partial charge in [-0.2, -0.15) is 4.79 Å². The minimum absolute atomic E-state index is 0.414. The Bertz CT molecular complexity index is 137. The van der Waals surface area contributed by atoms with Crippen molar-refractivity contribution in [2.75, 3.05) is 0 Å². The summed E-state index contributed by atoms with van der Waals surface area (Å²) < 4.78 is 0. The smallest absolute Gasteiger partial charge is 0.204 e. The Morgan fingerprint density at radius 3 is 3.00 bits per heavy atom. The van der Waals surface area contributed by atoms with Crippen molar-refractivity contribution in [1.82, 2.24) is 10.4 Å². The van der Waals surface area contributed by atoms with Gasteiger partial charge in [-0.1, -0.05) is 0 Å². The largest absolute Gasteiger partial charge is 0.561 e. The predicted molar refractivity (Wildman–Crippen MR) is 22.2 cm³/mol. The number of nitrogens with zero attached hydrogens (tertiary/aromatic N) is 2. The van der Waals surface area contributed by atoms with E-state index in [-0.39, 0.29) is 0 Å². The van der Waals surface area contributed by atoms with Gasteiger partial charge in [-0.25, -0.2) is 5.32 Å². The summed E-state index contributed by atoms with van der Waals surface area (Å²) in [4.78, 5) is 10.0. The minimum atomic E-state index is -0.414. The van der Waals surface area contributed by atoms with Crippen LogP contribution in [0.15, 0.2) is 17.5 Å². The summed E-state index contributed by atoms with van der Waals surface area (Å²) >= 11 is 0. The third-order valence-electron chi connectivity index (χ3n) is 0.497. The molecule has 4 nitrogen and oxygen atoms in total. The SMILES string of the molecule is O=C1[N+]=NC=CN1. The molecular weight excluding hydrogens is 94.1 g/mol. The van der Waals surface area contributed by atoms with Gasteiger partial charge in [0.2, 0.25) is 0 Å². The Morgan fingerprint density at radius 2 is 2.71 bits per heavy atom. The zero-order chi connectivity index (χ0) is 5.11. The van der Waals surface area contributed by atoms with Crippen LogP contribution in [0, 0.1) is 0 Å². The molecule has 2 amide bonds. The fourth-order valence-corrected chi connectivity index (χ4v) is 0.257. The Labute approximate surface area is 39.9 Å². The number of carbonyl (C=O) groups is 1. The number of hydrogen-bond acceptors (Lipinski definition) is 2. The van der Waals surface area contributed by atoms with E-state index in [0.29, 0.717) is 0 Å². The summed E-state index contributed by atoms with van der Waals surface area (Å²) in [5.74, 6) is 0. The molecule has 0 saturated carbocycles. The highest BCUT2D eigenvalue weighted by atomic mass is 16.2. The third-order valence-corrected chi connectivity index (χ3v) is 0.497. The molecule has 0 spiro atoms. The first-order chi connectivity index (χ1) is 3.39. The van der Waals surface area contributed by atoms with Crippen molar-refractivity contribution in [3.8, 4) is 0 Å². The van der Waals surface area contributed by atoms with Crippen LogP contribution in [0.4, 0.5) is 4.79 Å². The van der Waals surface area contributed by atoms with E-state index in [9.17, 15) is 4.79 Å². The number of rotatable bonds is 0. The molecule has 0 atom stereocenters. The predicted octanol–water partition coefficient (Wildman–Crippen LogP) is -0.0312. The van der Waals surface area contributed by atoms with Crippen LogP contribution < -0.4 is 10.4 Å². The topological polar surface area (TPSA) is 55.6 Å². The van der Waals surface area contributed by atoms with Gasteiger partial charge in [0.1, 0.15) is 17.5 Å². The quantitative estimate of drug-likeness (QED) is 0.453. The van der Waals surface area contributed by atoms with Crippen LogP contribution in [-0.4, -0.2) is 6.03 Å². The standard InChI is InChI=1S/C3H3N3O/c7-3-4-1-2-5-6-3/h1-2H,(H,4,7)/q+1. The molecule has 1 N–H and O–H groups in total. The molecule has 1 radical (unpaired) electrons. The van der Waals surface area contributed by atoms with Gasteiger partial charge in [0.05, 0.1) is 0 Å². The molecule has 0 aromatic heterocycles. The summed E-state index contributed by atoms with van der Waals surface area (Å²) in [6.07, 6.45) is 2.83. The van der Waals surface area contributed by atoms with Crippen molar-refractivity contribution in [2.45, 2.75) is 0 Å². The lowest BCUT2D eigenvalue weighted by Crippen LogP contribution is -2.20. The first-order valence-electron chi connectivity index (χ1n) is 1.76. The highest BCUT2D eigenvalue weighted by molar-refractivity contribution is 5.73. The lowest BCUT2D eigenvalue weighted by molar-refractivity contribution is 0.246. The average Bonchev–Trinajstić information content (AvgIpc) is 1.69. The zero-order valence-corrected chi connectivity index (χ0v) is 3.46. The summed E-state index contributed by atoms with van der Waals surface area (Å²) in [5.41, 5.74) is 0. The number of urea groups is 1. The van der Waals surface area contributed by atoms with E-state index in [1.54, 1.807) is 0 Å². The molecule has 1 aliphatic rings. The molecule has 0 saturated heterocycles. The van der Waals surface area contributed by atoms with E-state index < -0.39 is 6.03 Å². The maximum atomic E-state index is 10.0. The summed E-state index contributed by atoms with van der Waals surface area (Å²) in [6.45, 7) is 0. The van der Waals surface area contributed by atoms with Crippen molar-refractivity contribution >= 4 is 6.03 Å². The lowest BCUT2D eigenvalue weighted by atomic mass is 10.8. The lowest BCUT2D eigenvalue weighted by Gasteiger charge is -1.78. The summed E-state index contributed by atoms with van der Waals surface area (Å²) in [6, 6.07) is -0.414. The van der Waals surface area contributed by atoms with Crippen LogP contribution in [0.25, 0.3) is 0 Å². The number of carbonyl (C=O) groups excluding carboxylic acids is 1. The van der Waals surface area contributed by atoms with Crippen LogP contribution in [0.5, 0.6) is 0 Å². The number of hydrogen-bond donors (Lipinski definition) is 1. The first kappa shape index (κ1) is 3.98. The van der Waals surface area contributed by atoms with Crippen LogP contribution in [0.2, 0.25) is 0 Å². The van der Waals surface area contributed by atoms with Crippen LogP contribution >= 0.6 is 0 Å². The van der Waals surface area contributed by atoms with E-state index in [1.165, 1.54) is 12.4 Å². The molecule has 4 heteroatoms. The second-order valence-corrected chi connectivity index (χ2v) is 0.981. The van der Waals surface area contributed by atoms with Crippen molar-refractivity contribution in [3.05, 3.63) is 12.4 Å². The summed E-state index contributed by atoms with van der Waals surface area (Å²) in [5, 5.41) is 8.71. The molecule has 0 aromatic carbocycles. The maximum absolute atomic E-state index is 10.0. The fraction of sp³-hybridized carbons (Fsp3) is 0. The molecule has 0 aromatic rings. The van der Waals surface area contributed by atoms with Crippen molar-refractivity contribution in [1.29, 1.82) is 0 Å². The van der Waals surface area contributed by atoms with Crippen molar-refractivity contribution in [3.63, 3.8) is 0 Å². The van der Waals surface area contributed by atoms with Crippen molar-refractivity contribution in [2.24, 2.45) is 5.11 Å². The van der Waals surface area contributed by atoms with Crippen LogP contribution in [-0.2, 0) is 0 Å². The van der Waals surface area contributed by atoms with E-state index in [2.05, 4.69) is 15.5 Å². The van der Waals surface area contributed by atoms with Gasteiger partial charge in [-0.3, -0.25) is 0 Å². The highest BCUT2D eigenvalue weighted by Gasteiger charge is 2.08. The maximum Gasteiger partial charge on any atom is 0.561 e. The van der Waals surface area contributed by atoms with E-state index in [0.717, 1.165) is 0 Å². The van der Waals surface area contributed by atoms with Crippen molar-refractivity contribution < 1.29 is 4.79 Å². The van der Waals surface area contributed by atoms with Crippen LogP contribution in [0.1, 0.15) is 0 Å². The molecular formula is C3H3N3O+. The first-order valence-corrected chi connectivity index (χ1v) is 1.76. The van der Waals surface area contributed by atoms with Gasteiger partial charge < -0.3 is 0 Å². The molecule has 1 heterocycles. The molecule has 35 valence electrons. The number of amides is 2. The fourth-order valence-electron chi connectivity index (χ4n) is 0.257. The summed E-state index contributed by atoms with van der Waals surface area (Å²) in [7, 11) is 0. The molecule has 7 heavy (non-hydrogen) atoms. The second-order valence-electron chi connectivity index (χ2n) is 0.981. The Kier molecular flexibility index (Phi) is 0.856. The monoisotopic (exact) mass is 97.0 g/mol. The third kappa shape index (κ3) is 0.819. The Balaban J connectivity index is 2.66. The molecule has 1 aliphatic heterocycles. The average molecular weight is 97.1 g/mol. The van der Waals surface area contributed by atoms with Gasteiger partial charge in [0, 0.05) is 0 Å². The molecule has 0 unspecified atom stereocenters. The Hall–Kier alpha value is -1.19. The van der Waals surface area contributed by atoms with E-state index in [4.69, 9.17) is 0 Å². The van der Waals surface area contributed by atoms with Gasteiger partial charge in [-0.05, 0) is 5.11 Å². The van der Waals surface area contributed by atoms with E-state index >= 15 is 0 Å². The van der Waals surface area contributed by atoms with E-state index in [1.807, 2.05) is 0 Å². The highest BCUT2D eigenvalue weighted by Crippen LogP contribution is 1.75. The minimum Gasteiger partial charge on any atom is -0.204 e. The second kappa shape index (κ2) is 1.51. The van der Waals surface area contributed by atoms with Gasteiger partial charge in [0.15, 0.2) is 0 Å². The normalized spacial score (nSPS) is 16.9. The van der Waals surface area contributed by atoms with Gasteiger partial charge >= 0.3 is 6.03 Å². The van der Waals surface area contributed by atoms with Crippen LogP contribution in [0.3, 0.4) is 0 Å². The van der Waals surface area contributed by atoms with Gasteiger partial charge in [0.25, 0.3) is 0 Å². The molecule has 0 bridgehead atoms.